The van der Waals surface area contributed by atoms with Crippen molar-refractivity contribution in [2.24, 2.45) is 5.92 Å². The van der Waals surface area contributed by atoms with Crippen molar-refractivity contribution < 1.29 is 19.4 Å². The van der Waals surface area contributed by atoms with Gasteiger partial charge in [-0.15, -0.1) is 0 Å². The van der Waals surface area contributed by atoms with Crippen molar-refractivity contribution >= 4 is 12.0 Å². The van der Waals surface area contributed by atoms with Crippen molar-refractivity contribution in [2.75, 3.05) is 26.7 Å². The summed E-state index contributed by atoms with van der Waals surface area (Å²) in [5.74, 6) is 0.413. The molecule has 2 aromatic carbocycles. The van der Waals surface area contributed by atoms with E-state index in [1.54, 1.807) is 0 Å². The van der Waals surface area contributed by atoms with Gasteiger partial charge in [-0.3, -0.25) is 9.69 Å². The lowest BCUT2D eigenvalue weighted by atomic mass is 9.81. The summed E-state index contributed by atoms with van der Waals surface area (Å²) in [6, 6.07) is 18.2. The molecule has 0 spiro atoms. The van der Waals surface area contributed by atoms with Crippen LogP contribution in [0.5, 0.6) is 0 Å². The molecule has 2 amide bonds. The summed E-state index contributed by atoms with van der Waals surface area (Å²) in [6.45, 7) is 5.24. The highest BCUT2D eigenvalue weighted by Gasteiger charge is 2.38. The summed E-state index contributed by atoms with van der Waals surface area (Å²) >= 11 is 0. The molecule has 0 aromatic heterocycles. The molecule has 0 aliphatic heterocycles. The number of carbonyl (C=O) groups is 2. The Morgan fingerprint density at radius 2 is 1.58 bits per heavy atom. The molecule has 196 valence electrons. The zero-order valence-corrected chi connectivity index (χ0v) is 21.8. The molecular formula is C29H41N3O4. The number of ether oxygens (including phenoxy) is 1. The topological polar surface area (TPSA) is 90.9 Å². The van der Waals surface area contributed by atoms with Gasteiger partial charge in [0.2, 0.25) is 0 Å². The fraction of sp³-hybridized carbons (Fsp3) is 0.517. The average Bonchev–Trinajstić information content (AvgIpc) is 2.88. The first-order valence-electron chi connectivity index (χ1n) is 13.1. The van der Waals surface area contributed by atoms with Gasteiger partial charge in [-0.05, 0) is 76.6 Å². The minimum atomic E-state index is -1.35. The number of urea groups is 1. The lowest BCUT2D eigenvalue weighted by molar-refractivity contribution is -0.144. The number of hydrogen-bond donors (Lipinski definition) is 3. The molecule has 1 fully saturated rings. The van der Waals surface area contributed by atoms with E-state index < -0.39 is 11.6 Å². The van der Waals surface area contributed by atoms with Gasteiger partial charge in [0.1, 0.15) is 5.60 Å². The van der Waals surface area contributed by atoms with Crippen LogP contribution in [0.4, 0.5) is 4.79 Å². The molecule has 1 atom stereocenters. The molecule has 1 aliphatic carbocycles. The maximum Gasteiger partial charge on any atom is 0.320 e. The Kier molecular flexibility index (Phi) is 10.3. The number of rotatable bonds is 11. The molecule has 3 rings (SSSR count). The first-order valence-corrected chi connectivity index (χ1v) is 13.1. The first kappa shape index (κ1) is 27.7. The number of carbonyl (C=O) groups excluding carboxylic acids is 2. The highest BCUT2D eigenvalue weighted by Crippen LogP contribution is 2.33. The number of nitrogens with one attached hydrogen (secondary N) is 2. The summed E-state index contributed by atoms with van der Waals surface area (Å²) < 4.78 is 5.01. The van der Waals surface area contributed by atoms with Crippen LogP contribution in [0.3, 0.4) is 0 Å². The number of benzene rings is 2. The Morgan fingerprint density at radius 3 is 2.11 bits per heavy atom. The molecule has 0 radical (unpaired) electrons. The standard InChI is InChI=1S/C29H41N3O4/c1-4-36-27(33)21-32(3)20-19-23-15-17-26(18-16-23)31-28(34)30-22(2)29(35,24-11-7-5-8-12-24)25-13-9-6-10-14-25/h5-14,22-23,26,35H,4,15-21H2,1-3H3,(H2,30,31,34)/t22-,23?,26?/m0/s1. The summed E-state index contributed by atoms with van der Waals surface area (Å²) in [5, 5.41) is 17.9. The molecule has 0 bridgehead atoms. The van der Waals surface area contributed by atoms with Crippen LogP contribution in [0.2, 0.25) is 0 Å². The van der Waals surface area contributed by atoms with Gasteiger partial charge in [-0.1, -0.05) is 60.7 Å². The normalized spacial score (nSPS) is 18.9. The zero-order chi connectivity index (χ0) is 26.0. The smallest absolute Gasteiger partial charge is 0.320 e. The van der Waals surface area contributed by atoms with Gasteiger partial charge in [-0.2, -0.15) is 0 Å². The fourth-order valence-corrected chi connectivity index (χ4v) is 5.08. The second kappa shape index (κ2) is 13.4. The third-order valence-corrected chi connectivity index (χ3v) is 7.21. The summed E-state index contributed by atoms with van der Waals surface area (Å²) in [5.41, 5.74) is 0.113. The van der Waals surface area contributed by atoms with Crippen molar-refractivity contribution in [3.05, 3.63) is 71.8 Å². The second-order valence-electron chi connectivity index (χ2n) is 9.89. The van der Waals surface area contributed by atoms with Crippen LogP contribution in [0, 0.1) is 5.92 Å². The Labute approximate surface area is 215 Å². The number of nitrogens with zero attached hydrogens (tertiary/aromatic N) is 1. The molecule has 3 N–H and O–H groups in total. The SMILES string of the molecule is CCOC(=O)CN(C)CCC1CCC(NC(=O)N[C@@H](C)C(O)(c2ccccc2)c2ccccc2)CC1. The van der Waals surface area contributed by atoms with E-state index in [1.165, 1.54) is 0 Å². The molecule has 0 unspecified atom stereocenters. The minimum absolute atomic E-state index is 0.118. The quantitative estimate of drug-likeness (QED) is 0.409. The molecule has 7 nitrogen and oxygen atoms in total. The van der Waals surface area contributed by atoms with Gasteiger partial charge in [0.25, 0.3) is 0 Å². The number of likely N-dealkylation sites (N-methyl/N-ethyl adjacent to an activating group) is 1. The van der Waals surface area contributed by atoms with E-state index >= 15 is 0 Å². The van der Waals surface area contributed by atoms with Gasteiger partial charge < -0.3 is 20.5 Å². The van der Waals surface area contributed by atoms with Crippen LogP contribution >= 0.6 is 0 Å². The van der Waals surface area contributed by atoms with Crippen LogP contribution < -0.4 is 10.6 Å². The van der Waals surface area contributed by atoms with Crippen molar-refractivity contribution in [3.63, 3.8) is 0 Å². The van der Waals surface area contributed by atoms with Crippen LogP contribution in [0.25, 0.3) is 0 Å². The first-order chi connectivity index (χ1) is 17.3. The number of aliphatic hydroxyl groups is 1. The highest BCUT2D eigenvalue weighted by molar-refractivity contribution is 5.75. The van der Waals surface area contributed by atoms with Gasteiger partial charge in [0.05, 0.1) is 19.2 Å². The lowest BCUT2D eigenvalue weighted by Crippen LogP contribution is -2.54. The van der Waals surface area contributed by atoms with Crippen LogP contribution in [0.15, 0.2) is 60.7 Å². The number of esters is 1. The molecular weight excluding hydrogens is 454 g/mol. The van der Waals surface area contributed by atoms with E-state index in [9.17, 15) is 14.7 Å². The van der Waals surface area contributed by atoms with Crippen LogP contribution in [0.1, 0.15) is 57.1 Å². The summed E-state index contributed by atoms with van der Waals surface area (Å²) in [4.78, 5) is 26.5. The van der Waals surface area contributed by atoms with E-state index in [0.29, 0.717) is 19.1 Å². The number of hydrogen-bond acceptors (Lipinski definition) is 5. The predicted molar refractivity (Wildman–Crippen MR) is 142 cm³/mol. The van der Waals surface area contributed by atoms with E-state index in [-0.39, 0.29) is 18.0 Å². The molecule has 7 heteroatoms. The molecule has 1 saturated carbocycles. The fourth-order valence-electron chi connectivity index (χ4n) is 5.08. The van der Waals surface area contributed by atoms with E-state index in [2.05, 4.69) is 10.6 Å². The van der Waals surface area contributed by atoms with Crippen molar-refractivity contribution in [2.45, 2.75) is 63.6 Å². The second-order valence-corrected chi connectivity index (χ2v) is 9.89. The van der Waals surface area contributed by atoms with Crippen LogP contribution in [-0.2, 0) is 15.1 Å². The maximum absolute atomic E-state index is 12.9. The van der Waals surface area contributed by atoms with Gasteiger partial charge in [0.15, 0.2) is 0 Å². The van der Waals surface area contributed by atoms with Gasteiger partial charge in [-0.25, -0.2) is 4.79 Å². The van der Waals surface area contributed by atoms with Crippen molar-refractivity contribution in [3.8, 4) is 0 Å². The third kappa shape index (κ3) is 7.55. The maximum atomic E-state index is 12.9. The van der Waals surface area contributed by atoms with Crippen molar-refractivity contribution in [1.82, 2.24) is 15.5 Å². The van der Waals surface area contributed by atoms with Gasteiger partial charge in [0, 0.05) is 6.04 Å². The summed E-state index contributed by atoms with van der Waals surface area (Å²) in [6.07, 6.45) is 4.98. The van der Waals surface area contributed by atoms with Crippen molar-refractivity contribution in [1.29, 1.82) is 0 Å². The Morgan fingerprint density at radius 1 is 1.03 bits per heavy atom. The molecule has 36 heavy (non-hydrogen) atoms. The van der Waals surface area contributed by atoms with E-state index in [4.69, 9.17) is 4.74 Å². The largest absolute Gasteiger partial charge is 0.465 e. The molecule has 2 aromatic rings. The zero-order valence-electron chi connectivity index (χ0n) is 21.8. The average molecular weight is 496 g/mol. The Bertz CT molecular complexity index is 906. The molecule has 0 saturated heterocycles. The molecule has 1 aliphatic rings. The monoisotopic (exact) mass is 495 g/mol. The highest BCUT2D eigenvalue weighted by atomic mass is 16.5. The van der Waals surface area contributed by atoms with Crippen LogP contribution in [-0.4, -0.2) is 60.8 Å². The van der Waals surface area contributed by atoms with E-state index in [1.807, 2.05) is 86.5 Å². The number of amides is 2. The van der Waals surface area contributed by atoms with E-state index in [0.717, 1.165) is 49.8 Å². The minimum Gasteiger partial charge on any atom is -0.465 e. The Hall–Kier alpha value is -2.90. The predicted octanol–water partition coefficient (Wildman–Crippen LogP) is 4.05. The lowest BCUT2D eigenvalue weighted by Gasteiger charge is -2.36. The summed E-state index contributed by atoms with van der Waals surface area (Å²) in [7, 11) is 1.95. The van der Waals surface area contributed by atoms with Gasteiger partial charge >= 0.3 is 12.0 Å². The Balaban J connectivity index is 1.49. The third-order valence-electron chi connectivity index (χ3n) is 7.21. The molecule has 0 heterocycles.